The lowest BCUT2D eigenvalue weighted by Crippen LogP contribution is -2.59. The number of nitrogens with two attached hydrogens (primary N) is 1. The molecule has 2 unspecified atom stereocenters. The molecule has 1 spiro atoms. The van der Waals surface area contributed by atoms with Crippen LogP contribution in [0.15, 0.2) is 4.99 Å². The van der Waals surface area contributed by atoms with Crippen LogP contribution >= 0.6 is 0 Å². The highest BCUT2D eigenvalue weighted by Crippen LogP contribution is 2.37. The van der Waals surface area contributed by atoms with Gasteiger partial charge >= 0.3 is 6.03 Å². The molecule has 1 fully saturated rings. The molecule has 2 aliphatic heterocycles. The lowest BCUT2D eigenvalue weighted by molar-refractivity contribution is -0.0537. The Morgan fingerprint density at radius 3 is 2.94 bits per heavy atom. The third-order valence-corrected chi connectivity index (χ3v) is 3.89. The van der Waals surface area contributed by atoms with Gasteiger partial charge in [0.2, 0.25) is 0 Å². The number of hydrogen-bond acceptors (Lipinski definition) is 3. The number of carbonyl (C=O) groups excluding carboxylic acids is 1. The first-order valence-electron chi connectivity index (χ1n) is 6.29. The van der Waals surface area contributed by atoms with Gasteiger partial charge in [-0.1, -0.05) is 13.8 Å². The Hall–Kier alpha value is -1.10. The van der Waals surface area contributed by atoms with Crippen LogP contribution in [-0.4, -0.2) is 41.6 Å². The van der Waals surface area contributed by atoms with Gasteiger partial charge in [-0.15, -0.1) is 0 Å². The summed E-state index contributed by atoms with van der Waals surface area (Å²) in [5, 5.41) is 0. The van der Waals surface area contributed by atoms with Gasteiger partial charge in [0.25, 0.3) is 0 Å². The molecule has 2 amide bonds. The first kappa shape index (κ1) is 12.4. The second-order valence-corrected chi connectivity index (χ2v) is 5.16. The van der Waals surface area contributed by atoms with Gasteiger partial charge in [-0.25, -0.2) is 4.79 Å². The Kier molecular flexibility index (Phi) is 3.12. The molecule has 1 saturated heterocycles. The van der Waals surface area contributed by atoms with E-state index in [4.69, 9.17) is 10.5 Å². The van der Waals surface area contributed by atoms with E-state index in [1.807, 2.05) is 6.92 Å². The van der Waals surface area contributed by atoms with Gasteiger partial charge in [0.05, 0.1) is 6.10 Å². The van der Waals surface area contributed by atoms with Gasteiger partial charge in [0.15, 0.2) is 0 Å². The zero-order valence-electron chi connectivity index (χ0n) is 10.8. The second kappa shape index (κ2) is 4.29. The summed E-state index contributed by atoms with van der Waals surface area (Å²) < 4.78 is 5.75. The molecule has 2 N–H and O–H groups in total. The molecule has 5 nitrogen and oxygen atoms in total. The summed E-state index contributed by atoms with van der Waals surface area (Å²) in [7, 11) is 0. The maximum absolute atomic E-state index is 11.8. The lowest BCUT2D eigenvalue weighted by atomic mass is 9.81. The maximum atomic E-state index is 11.8. The first-order chi connectivity index (χ1) is 8.01. The number of carbonyl (C=O) groups is 1. The average molecular weight is 239 g/mol. The van der Waals surface area contributed by atoms with Crippen LogP contribution in [0.4, 0.5) is 4.79 Å². The quantitative estimate of drug-likeness (QED) is 0.791. The van der Waals surface area contributed by atoms with Crippen LogP contribution in [0.3, 0.4) is 0 Å². The van der Waals surface area contributed by atoms with Crippen LogP contribution in [0.5, 0.6) is 0 Å². The highest BCUT2D eigenvalue weighted by molar-refractivity contribution is 6.05. The summed E-state index contributed by atoms with van der Waals surface area (Å²) in [6, 6.07) is -0.200. The van der Waals surface area contributed by atoms with E-state index in [2.05, 4.69) is 18.8 Å². The molecule has 2 atom stereocenters. The van der Waals surface area contributed by atoms with Crippen LogP contribution in [-0.2, 0) is 4.74 Å². The number of urea groups is 1. The zero-order valence-corrected chi connectivity index (χ0v) is 10.8. The molecular formula is C12H21N3O2. The lowest BCUT2D eigenvalue weighted by Gasteiger charge is -2.44. The third-order valence-electron chi connectivity index (χ3n) is 3.89. The summed E-state index contributed by atoms with van der Waals surface area (Å²) in [5.41, 5.74) is 5.61. The van der Waals surface area contributed by atoms with E-state index in [1.165, 1.54) is 0 Å². The minimum Gasteiger partial charge on any atom is -0.385 e. The molecule has 0 aromatic carbocycles. The Morgan fingerprint density at radius 1 is 1.65 bits per heavy atom. The molecular weight excluding hydrogens is 218 g/mol. The van der Waals surface area contributed by atoms with Crippen molar-refractivity contribution >= 4 is 11.9 Å². The van der Waals surface area contributed by atoms with Crippen molar-refractivity contribution in [3.8, 4) is 0 Å². The third kappa shape index (κ3) is 1.82. The number of ether oxygens (including phenoxy) is 1. The van der Waals surface area contributed by atoms with Crippen molar-refractivity contribution in [3.05, 3.63) is 0 Å². The SMILES string of the molecule is CCN1C(=O)N=C(N)C12CCOC(C(C)C)C2. The molecule has 0 aromatic rings. The van der Waals surface area contributed by atoms with Gasteiger partial charge in [-0.05, 0) is 12.8 Å². The van der Waals surface area contributed by atoms with Crippen molar-refractivity contribution in [1.29, 1.82) is 0 Å². The largest absolute Gasteiger partial charge is 0.385 e. The molecule has 2 aliphatic rings. The van der Waals surface area contributed by atoms with Crippen molar-refractivity contribution in [1.82, 2.24) is 4.90 Å². The van der Waals surface area contributed by atoms with E-state index in [0.717, 1.165) is 12.8 Å². The average Bonchev–Trinajstić information content (AvgIpc) is 2.50. The summed E-state index contributed by atoms with van der Waals surface area (Å²) in [6.07, 6.45) is 1.67. The molecule has 0 aromatic heterocycles. The summed E-state index contributed by atoms with van der Waals surface area (Å²) in [5.74, 6) is 0.896. The number of aliphatic imine (C=N–C) groups is 1. The number of likely N-dealkylation sites (N-methyl/N-ethyl adjacent to an activating group) is 1. The molecule has 0 radical (unpaired) electrons. The van der Waals surface area contributed by atoms with E-state index in [-0.39, 0.29) is 17.7 Å². The monoisotopic (exact) mass is 239 g/mol. The number of amides is 2. The van der Waals surface area contributed by atoms with Crippen LogP contribution in [0.1, 0.15) is 33.6 Å². The van der Waals surface area contributed by atoms with Gasteiger partial charge < -0.3 is 15.4 Å². The maximum Gasteiger partial charge on any atom is 0.346 e. The normalized spacial score (nSPS) is 33.6. The highest BCUT2D eigenvalue weighted by Gasteiger charge is 2.51. The van der Waals surface area contributed by atoms with Crippen LogP contribution < -0.4 is 5.73 Å². The van der Waals surface area contributed by atoms with Crippen molar-refractivity contribution in [3.63, 3.8) is 0 Å². The summed E-state index contributed by atoms with van der Waals surface area (Å²) in [6.45, 7) is 7.51. The van der Waals surface area contributed by atoms with Crippen LogP contribution in [0, 0.1) is 5.92 Å². The molecule has 96 valence electrons. The fourth-order valence-electron chi connectivity index (χ4n) is 2.81. The number of hydrogen-bond donors (Lipinski definition) is 1. The highest BCUT2D eigenvalue weighted by atomic mass is 16.5. The second-order valence-electron chi connectivity index (χ2n) is 5.16. The minimum absolute atomic E-state index is 0.150. The zero-order chi connectivity index (χ0) is 12.6. The first-order valence-corrected chi connectivity index (χ1v) is 6.29. The van der Waals surface area contributed by atoms with Gasteiger partial charge in [0.1, 0.15) is 11.4 Å². The fourth-order valence-corrected chi connectivity index (χ4v) is 2.81. The topological polar surface area (TPSA) is 67.9 Å². The van der Waals surface area contributed by atoms with Gasteiger partial charge in [0, 0.05) is 26.0 Å². The molecule has 17 heavy (non-hydrogen) atoms. The number of rotatable bonds is 2. The molecule has 5 heteroatoms. The molecule has 0 aliphatic carbocycles. The Balaban J connectivity index is 2.28. The number of nitrogens with zero attached hydrogens (tertiary/aromatic N) is 2. The standard InChI is InChI=1S/C12H21N3O2/c1-4-15-11(16)14-10(13)12(15)5-6-17-9(7-12)8(2)3/h8-9H,4-7H2,1-3H3,(H2,13,14,16). The van der Waals surface area contributed by atoms with Crippen molar-refractivity contribution in [2.45, 2.75) is 45.3 Å². The Labute approximate surface area is 102 Å². The molecule has 2 rings (SSSR count). The van der Waals surface area contributed by atoms with Gasteiger partial charge in [-0.3, -0.25) is 0 Å². The fraction of sp³-hybridized carbons (Fsp3) is 0.833. The van der Waals surface area contributed by atoms with E-state index in [0.29, 0.717) is 24.9 Å². The van der Waals surface area contributed by atoms with E-state index in [9.17, 15) is 4.79 Å². The van der Waals surface area contributed by atoms with Crippen molar-refractivity contribution in [2.24, 2.45) is 16.6 Å². The summed E-state index contributed by atoms with van der Waals surface area (Å²) >= 11 is 0. The van der Waals surface area contributed by atoms with E-state index >= 15 is 0 Å². The van der Waals surface area contributed by atoms with Crippen molar-refractivity contribution < 1.29 is 9.53 Å². The predicted octanol–water partition coefficient (Wildman–Crippen LogP) is 1.37. The minimum atomic E-state index is -0.390. The molecule has 0 saturated carbocycles. The molecule has 0 bridgehead atoms. The van der Waals surface area contributed by atoms with Crippen molar-refractivity contribution in [2.75, 3.05) is 13.2 Å². The Bertz CT molecular complexity index is 354. The van der Waals surface area contributed by atoms with Gasteiger partial charge in [-0.2, -0.15) is 4.99 Å². The van der Waals surface area contributed by atoms with E-state index in [1.54, 1.807) is 4.90 Å². The van der Waals surface area contributed by atoms with Crippen LogP contribution in [0.2, 0.25) is 0 Å². The Morgan fingerprint density at radius 2 is 2.35 bits per heavy atom. The van der Waals surface area contributed by atoms with E-state index < -0.39 is 0 Å². The van der Waals surface area contributed by atoms with Crippen LogP contribution in [0.25, 0.3) is 0 Å². The smallest absolute Gasteiger partial charge is 0.346 e. The summed E-state index contributed by atoms with van der Waals surface area (Å²) in [4.78, 5) is 17.5. The molecule has 2 heterocycles. The number of amidine groups is 1. The predicted molar refractivity (Wildman–Crippen MR) is 65.9 cm³/mol.